The highest BCUT2D eigenvalue weighted by atomic mass is 32.2. The van der Waals surface area contributed by atoms with Gasteiger partial charge in [0.1, 0.15) is 0 Å². The molecule has 0 spiro atoms. The molecule has 0 aliphatic heterocycles. The topological polar surface area (TPSA) is 111 Å². The van der Waals surface area contributed by atoms with Crippen molar-refractivity contribution in [1.29, 1.82) is 0 Å². The molecule has 10 heteroatoms. The number of nitro groups is 1. The average Bonchev–Trinajstić information content (AvgIpc) is 3.11. The molecule has 0 radical (unpaired) electrons. The molecule has 0 saturated carbocycles. The first-order chi connectivity index (χ1) is 13.3. The summed E-state index contributed by atoms with van der Waals surface area (Å²) in [6.07, 6.45) is 0. The lowest BCUT2D eigenvalue weighted by Gasteiger charge is -2.10. The Labute approximate surface area is 163 Å². The number of carbonyl (C=O) groups is 1. The summed E-state index contributed by atoms with van der Waals surface area (Å²) in [6, 6.07) is 10.7. The number of thioether (sulfide) groups is 1. The molecule has 3 aromatic rings. The molecule has 8 nitrogen and oxygen atoms in total. The number of hydrogen-bond acceptors (Lipinski definition) is 7. The van der Waals surface area contributed by atoms with Crippen LogP contribution in [0.4, 0.5) is 15.8 Å². The molecule has 1 aromatic heterocycles. The van der Waals surface area contributed by atoms with Crippen molar-refractivity contribution in [3.63, 3.8) is 0 Å². The van der Waals surface area contributed by atoms with Crippen molar-refractivity contribution in [2.75, 3.05) is 5.32 Å². The van der Waals surface area contributed by atoms with Gasteiger partial charge >= 0.3 is 5.69 Å². The maximum Gasteiger partial charge on any atom is 0.306 e. The van der Waals surface area contributed by atoms with E-state index in [4.69, 9.17) is 4.42 Å². The van der Waals surface area contributed by atoms with Gasteiger partial charge in [-0.25, -0.2) is 0 Å². The van der Waals surface area contributed by atoms with E-state index in [2.05, 4.69) is 15.5 Å². The molecule has 1 heterocycles. The predicted molar refractivity (Wildman–Crippen MR) is 101 cm³/mol. The number of halogens is 1. The van der Waals surface area contributed by atoms with Crippen molar-refractivity contribution >= 4 is 29.0 Å². The quantitative estimate of drug-likeness (QED) is 0.373. The van der Waals surface area contributed by atoms with Gasteiger partial charge in [-0.2, -0.15) is 4.39 Å². The van der Waals surface area contributed by atoms with Crippen molar-refractivity contribution in [1.82, 2.24) is 10.2 Å². The second-order valence-corrected chi connectivity index (χ2v) is 7.15. The molecule has 28 heavy (non-hydrogen) atoms. The van der Waals surface area contributed by atoms with Crippen molar-refractivity contribution in [2.45, 2.75) is 24.3 Å². The fourth-order valence-electron chi connectivity index (χ4n) is 2.36. The summed E-state index contributed by atoms with van der Waals surface area (Å²) in [5, 5.41) is 20.8. The summed E-state index contributed by atoms with van der Waals surface area (Å²) < 4.78 is 19.0. The number of aryl methyl sites for hydroxylation is 1. The molecule has 0 fully saturated rings. The second kappa shape index (κ2) is 8.17. The van der Waals surface area contributed by atoms with Gasteiger partial charge in [-0.15, -0.1) is 10.2 Å². The Morgan fingerprint density at radius 2 is 2.04 bits per heavy atom. The molecule has 2 aromatic carbocycles. The van der Waals surface area contributed by atoms with Crippen LogP contribution in [0.2, 0.25) is 0 Å². The molecule has 0 aliphatic rings. The normalized spacial score (nSPS) is 11.8. The van der Waals surface area contributed by atoms with E-state index >= 15 is 0 Å². The summed E-state index contributed by atoms with van der Waals surface area (Å²) >= 11 is 1.05. The van der Waals surface area contributed by atoms with E-state index in [1.54, 1.807) is 6.92 Å². The molecule has 1 N–H and O–H groups in total. The summed E-state index contributed by atoms with van der Waals surface area (Å²) in [6.45, 7) is 3.54. The van der Waals surface area contributed by atoms with E-state index in [0.717, 1.165) is 35.0 Å². The van der Waals surface area contributed by atoms with Gasteiger partial charge < -0.3 is 9.73 Å². The van der Waals surface area contributed by atoms with E-state index in [9.17, 15) is 19.3 Å². The number of hydrogen-bond donors (Lipinski definition) is 1. The summed E-state index contributed by atoms with van der Waals surface area (Å²) in [4.78, 5) is 22.3. The number of nitro benzene ring substituents is 1. The number of aromatic nitrogens is 2. The zero-order chi connectivity index (χ0) is 20.3. The molecule has 3 rings (SSSR count). The molecule has 1 atom stereocenters. The van der Waals surface area contributed by atoms with Crippen LogP contribution >= 0.6 is 11.8 Å². The first kappa shape index (κ1) is 19.5. The minimum Gasteiger partial charge on any atom is -0.411 e. The highest BCUT2D eigenvalue weighted by Crippen LogP contribution is 2.28. The maximum atomic E-state index is 13.4. The van der Waals surface area contributed by atoms with Gasteiger partial charge in [0.2, 0.25) is 17.6 Å². The van der Waals surface area contributed by atoms with Crippen LogP contribution in [-0.2, 0) is 4.79 Å². The van der Waals surface area contributed by atoms with E-state index in [-0.39, 0.29) is 10.9 Å². The number of nitrogens with zero attached hydrogens (tertiary/aromatic N) is 3. The largest absolute Gasteiger partial charge is 0.411 e. The van der Waals surface area contributed by atoms with E-state index in [1.165, 1.54) is 6.07 Å². The first-order valence-corrected chi connectivity index (χ1v) is 9.04. The summed E-state index contributed by atoms with van der Waals surface area (Å²) in [5.41, 5.74) is 1.19. The highest BCUT2D eigenvalue weighted by Gasteiger charge is 2.21. The summed E-state index contributed by atoms with van der Waals surface area (Å²) in [5.74, 6) is -1.07. The highest BCUT2D eigenvalue weighted by molar-refractivity contribution is 8.00. The smallest absolute Gasteiger partial charge is 0.306 e. The van der Waals surface area contributed by atoms with Gasteiger partial charge in [0.15, 0.2) is 0 Å². The molecule has 0 saturated heterocycles. The lowest BCUT2D eigenvalue weighted by atomic mass is 10.1. The van der Waals surface area contributed by atoms with Crippen LogP contribution in [0.25, 0.3) is 11.5 Å². The molecule has 0 aliphatic carbocycles. The minimum absolute atomic E-state index is 0.122. The number of carbonyl (C=O) groups excluding carboxylic acids is 1. The fourth-order valence-corrected chi connectivity index (χ4v) is 3.04. The van der Waals surface area contributed by atoms with Crippen LogP contribution in [0, 0.1) is 22.9 Å². The van der Waals surface area contributed by atoms with Crippen molar-refractivity contribution in [3.05, 3.63) is 64.0 Å². The van der Waals surface area contributed by atoms with E-state index in [0.29, 0.717) is 5.89 Å². The molecule has 0 unspecified atom stereocenters. The Bertz CT molecular complexity index is 1040. The van der Waals surface area contributed by atoms with Gasteiger partial charge in [-0.3, -0.25) is 14.9 Å². The summed E-state index contributed by atoms with van der Waals surface area (Å²) in [7, 11) is 0. The Hall–Kier alpha value is -3.27. The Morgan fingerprint density at radius 3 is 2.75 bits per heavy atom. The van der Waals surface area contributed by atoms with Gasteiger partial charge in [0, 0.05) is 17.3 Å². The van der Waals surface area contributed by atoms with Crippen molar-refractivity contribution in [3.8, 4) is 11.5 Å². The molecule has 144 valence electrons. The lowest BCUT2D eigenvalue weighted by Crippen LogP contribution is -2.22. The number of anilines is 1. The second-order valence-electron chi connectivity index (χ2n) is 5.86. The van der Waals surface area contributed by atoms with Crippen LogP contribution in [0.5, 0.6) is 0 Å². The number of amides is 1. The molecule has 1 amide bonds. The van der Waals surface area contributed by atoms with Gasteiger partial charge in [-0.05, 0) is 37.6 Å². The van der Waals surface area contributed by atoms with Gasteiger partial charge in [-0.1, -0.05) is 30.0 Å². The number of nitrogens with one attached hydrogen (secondary N) is 1. The monoisotopic (exact) mass is 402 g/mol. The lowest BCUT2D eigenvalue weighted by molar-refractivity contribution is -0.387. The SMILES string of the molecule is Cc1ccccc1-c1nnc(S[C@H](C)C(=O)Nc2ccc(F)c([N+](=O)[O-])c2)o1. The van der Waals surface area contributed by atoms with Crippen molar-refractivity contribution < 1.29 is 18.5 Å². The maximum absolute atomic E-state index is 13.4. The third kappa shape index (κ3) is 4.34. The number of benzene rings is 2. The van der Waals surface area contributed by atoms with Crippen LogP contribution in [0.15, 0.2) is 52.1 Å². The fraction of sp³-hybridized carbons (Fsp3) is 0.167. The molecule has 0 bridgehead atoms. The Balaban J connectivity index is 1.68. The van der Waals surface area contributed by atoms with Crippen LogP contribution in [0.1, 0.15) is 12.5 Å². The van der Waals surface area contributed by atoms with E-state index in [1.807, 2.05) is 31.2 Å². The molecular formula is C18H15FN4O4S. The van der Waals surface area contributed by atoms with Crippen LogP contribution < -0.4 is 5.32 Å². The zero-order valence-corrected chi connectivity index (χ0v) is 15.7. The number of rotatable bonds is 6. The average molecular weight is 402 g/mol. The Kier molecular flexibility index (Phi) is 5.69. The van der Waals surface area contributed by atoms with Crippen LogP contribution in [-0.4, -0.2) is 26.3 Å². The predicted octanol–water partition coefficient (Wildman–Crippen LogP) is 4.21. The first-order valence-electron chi connectivity index (χ1n) is 8.16. The third-order valence-electron chi connectivity index (χ3n) is 3.84. The Morgan fingerprint density at radius 1 is 1.29 bits per heavy atom. The van der Waals surface area contributed by atoms with Crippen LogP contribution in [0.3, 0.4) is 0 Å². The standard InChI is InChI=1S/C18H15FN4O4S/c1-10-5-3-4-6-13(10)17-21-22-18(27-17)28-11(2)16(24)20-12-7-8-14(19)15(9-12)23(25)26/h3-9,11H,1-2H3,(H,20,24)/t11-/m1/s1. The van der Waals surface area contributed by atoms with E-state index < -0.39 is 27.6 Å². The van der Waals surface area contributed by atoms with Gasteiger partial charge in [0.05, 0.1) is 10.2 Å². The molecular weight excluding hydrogens is 387 g/mol. The third-order valence-corrected chi connectivity index (χ3v) is 4.77. The zero-order valence-electron chi connectivity index (χ0n) is 14.9. The van der Waals surface area contributed by atoms with Crippen molar-refractivity contribution in [2.24, 2.45) is 0 Å². The minimum atomic E-state index is -0.972. The van der Waals surface area contributed by atoms with Gasteiger partial charge in [0.25, 0.3) is 5.22 Å².